The van der Waals surface area contributed by atoms with Crippen LogP contribution in [0, 0.1) is 5.41 Å². The Kier molecular flexibility index (Phi) is 7.55. The first-order chi connectivity index (χ1) is 15.7. The highest BCUT2D eigenvalue weighted by Gasteiger charge is 2.33. The van der Waals surface area contributed by atoms with Crippen LogP contribution in [0.3, 0.4) is 0 Å². The summed E-state index contributed by atoms with van der Waals surface area (Å²) in [6.07, 6.45) is -2.64. The standard InChI is InChI=1S/C23H19ClF3N3O3/c1-32-22(28)20-13-17(10-11-29-20)33-16-6-2-14(3-7-16)4-9-21(31)30-15-5-8-19(24)18(12-15)23(25,26)27/h2-3,5-8,10-13,28H,4,9H2,1H3,(H,30,31). The average molecular weight is 478 g/mol. The molecule has 0 spiro atoms. The summed E-state index contributed by atoms with van der Waals surface area (Å²) in [7, 11) is 1.38. The van der Waals surface area contributed by atoms with Crippen LogP contribution < -0.4 is 10.1 Å². The summed E-state index contributed by atoms with van der Waals surface area (Å²) in [4.78, 5) is 16.2. The van der Waals surface area contributed by atoms with Crippen LogP contribution in [0.4, 0.5) is 18.9 Å². The van der Waals surface area contributed by atoms with Gasteiger partial charge in [0.05, 0.1) is 17.7 Å². The number of halogens is 4. The summed E-state index contributed by atoms with van der Waals surface area (Å²) in [5, 5.41) is 9.68. The van der Waals surface area contributed by atoms with Crippen LogP contribution in [0.5, 0.6) is 11.5 Å². The van der Waals surface area contributed by atoms with Crippen molar-refractivity contribution in [1.82, 2.24) is 4.98 Å². The van der Waals surface area contributed by atoms with Gasteiger partial charge in [0, 0.05) is 24.4 Å². The molecule has 1 aromatic heterocycles. The normalized spacial score (nSPS) is 11.1. The first-order valence-electron chi connectivity index (χ1n) is 9.68. The minimum atomic E-state index is -4.61. The molecule has 10 heteroatoms. The Balaban J connectivity index is 1.55. The maximum atomic E-state index is 13.0. The number of methoxy groups -OCH3 is 1. The van der Waals surface area contributed by atoms with Gasteiger partial charge in [-0.05, 0) is 48.4 Å². The molecule has 2 aromatic carbocycles. The molecule has 0 unspecified atom stereocenters. The molecule has 3 aromatic rings. The van der Waals surface area contributed by atoms with E-state index in [4.69, 9.17) is 26.5 Å². The van der Waals surface area contributed by atoms with Crippen molar-refractivity contribution in [2.45, 2.75) is 19.0 Å². The summed E-state index contributed by atoms with van der Waals surface area (Å²) < 4.78 is 49.4. The van der Waals surface area contributed by atoms with Crippen molar-refractivity contribution < 1.29 is 27.4 Å². The number of aryl methyl sites for hydroxylation is 1. The molecule has 0 aliphatic heterocycles. The van der Waals surface area contributed by atoms with E-state index in [0.717, 1.165) is 17.7 Å². The highest BCUT2D eigenvalue weighted by molar-refractivity contribution is 6.31. The molecule has 0 atom stereocenters. The quantitative estimate of drug-likeness (QED) is 0.318. The van der Waals surface area contributed by atoms with E-state index in [0.29, 0.717) is 23.6 Å². The second kappa shape index (κ2) is 10.4. The lowest BCUT2D eigenvalue weighted by Crippen LogP contribution is -2.14. The van der Waals surface area contributed by atoms with Gasteiger partial charge in [0.15, 0.2) is 0 Å². The molecular formula is C23H19ClF3N3O3. The lowest BCUT2D eigenvalue weighted by molar-refractivity contribution is -0.137. The van der Waals surface area contributed by atoms with Gasteiger partial charge in [-0.3, -0.25) is 15.2 Å². The van der Waals surface area contributed by atoms with Crippen LogP contribution in [0.25, 0.3) is 0 Å². The molecule has 6 nitrogen and oxygen atoms in total. The number of carbonyl (C=O) groups excluding carboxylic acids is 1. The molecule has 0 saturated carbocycles. The number of pyridine rings is 1. The number of rotatable bonds is 7. The molecule has 0 saturated heterocycles. The number of ether oxygens (including phenoxy) is 2. The molecule has 2 N–H and O–H groups in total. The number of amides is 1. The monoisotopic (exact) mass is 477 g/mol. The van der Waals surface area contributed by atoms with Gasteiger partial charge < -0.3 is 14.8 Å². The summed E-state index contributed by atoms with van der Waals surface area (Å²) in [6.45, 7) is 0. The third-order valence-corrected chi connectivity index (χ3v) is 4.85. The van der Waals surface area contributed by atoms with E-state index in [1.807, 2.05) is 0 Å². The maximum absolute atomic E-state index is 13.0. The van der Waals surface area contributed by atoms with Gasteiger partial charge in [-0.2, -0.15) is 13.2 Å². The molecule has 1 amide bonds. The zero-order chi connectivity index (χ0) is 24.0. The number of alkyl halides is 3. The molecule has 33 heavy (non-hydrogen) atoms. The van der Waals surface area contributed by atoms with Crippen LogP contribution in [-0.2, 0) is 22.1 Å². The number of anilines is 1. The Morgan fingerprint density at radius 2 is 1.82 bits per heavy atom. The minimum Gasteiger partial charge on any atom is -0.480 e. The van der Waals surface area contributed by atoms with Crippen molar-refractivity contribution in [1.29, 1.82) is 5.41 Å². The average Bonchev–Trinajstić information content (AvgIpc) is 2.79. The fraction of sp³-hybridized carbons (Fsp3) is 0.174. The van der Waals surface area contributed by atoms with E-state index in [1.165, 1.54) is 19.4 Å². The van der Waals surface area contributed by atoms with E-state index in [1.54, 1.807) is 36.4 Å². The Hall–Kier alpha value is -3.59. The van der Waals surface area contributed by atoms with Gasteiger partial charge in [0.25, 0.3) is 0 Å². The number of hydrogen-bond donors (Lipinski definition) is 2. The zero-order valence-electron chi connectivity index (χ0n) is 17.4. The summed E-state index contributed by atoms with van der Waals surface area (Å²) >= 11 is 5.59. The molecule has 1 heterocycles. The van der Waals surface area contributed by atoms with E-state index in [2.05, 4.69) is 10.3 Å². The molecule has 172 valence electrons. The van der Waals surface area contributed by atoms with E-state index in [9.17, 15) is 18.0 Å². The number of carbonyl (C=O) groups is 1. The van der Waals surface area contributed by atoms with Gasteiger partial charge in [0.2, 0.25) is 11.8 Å². The Morgan fingerprint density at radius 1 is 1.09 bits per heavy atom. The van der Waals surface area contributed by atoms with Gasteiger partial charge >= 0.3 is 6.18 Å². The van der Waals surface area contributed by atoms with Crippen molar-refractivity contribution in [3.05, 3.63) is 82.6 Å². The number of hydrogen-bond acceptors (Lipinski definition) is 5. The number of aromatic nitrogens is 1. The van der Waals surface area contributed by atoms with Gasteiger partial charge in [-0.25, -0.2) is 0 Å². The molecule has 0 aliphatic carbocycles. The van der Waals surface area contributed by atoms with Gasteiger partial charge in [-0.15, -0.1) is 0 Å². The number of benzene rings is 2. The van der Waals surface area contributed by atoms with Gasteiger partial charge in [-0.1, -0.05) is 23.7 Å². The van der Waals surface area contributed by atoms with Crippen molar-refractivity contribution >= 4 is 29.1 Å². The first-order valence-corrected chi connectivity index (χ1v) is 10.1. The third kappa shape index (κ3) is 6.69. The zero-order valence-corrected chi connectivity index (χ0v) is 18.1. The predicted octanol–water partition coefficient (Wildman–Crippen LogP) is 6.09. The topological polar surface area (TPSA) is 84.3 Å². The van der Waals surface area contributed by atoms with Crippen molar-refractivity contribution in [2.24, 2.45) is 0 Å². The summed E-state index contributed by atoms with van der Waals surface area (Å²) in [6, 6.07) is 13.5. The molecule has 0 aliphatic rings. The van der Waals surface area contributed by atoms with Crippen molar-refractivity contribution in [3.63, 3.8) is 0 Å². The fourth-order valence-corrected chi connectivity index (χ4v) is 3.09. The van der Waals surface area contributed by atoms with Gasteiger partial charge in [0.1, 0.15) is 17.2 Å². The van der Waals surface area contributed by atoms with Crippen LogP contribution in [0.1, 0.15) is 23.2 Å². The van der Waals surface area contributed by atoms with Crippen LogP contribution in [0.15, 0.2) is 60.8 Å². The molecule has 3 rings (SSSR count). The maximum Gasteiger partial charge on any atom is 0.417 e. The summed E-state index contributed by atoms with van der Waals surface area (Å²) in [5.41, 5.74) is 0.207. The highest BCUT2D eigenvalue weighted by atomic mass is 35.5. The van der Waals surface area contributed by atoms with Crippen LogP contribution in [0.2, 0.25) is 5.02 Å². The van der Waals surface area contributed by atoms with E-state index in [-0.39, 0.29) is 18.0 Å². The Bertz CT molecular complexity index is 1150. The molecule has 0 fully saturated rings. The fourth-order valence-electron chi connectivity index (χ4n) is 2.87. The largest absolute Gasteiger partial charge is 0.480 e. The number of nitrogens with zero attached hydrogens (tertiary/aromatic N) is 1. The minimum absolute atomic E-state index is 0.0266. The first kappa shape index (κ1) is 24.1. The second-order valence-corrected chi connectivity index (χ2v) is 7.30. The lowest BCUT2D eigenvalue weighted by atomic mass is 10.1. The smallest absolute Gasteiger partial charge is 0.417 e. The number of nitrogens with one attached hydrogen (secondary N) is 2. The van der Waals surface area contributed by atoms with E-state index < -0.39 is 22.7 Å². The second-order valence-electron chi connectivity index (χ2n) is 6.90. The third-order valence-electron chi connectivity index (χ3n) is 4.52. The van der Waals surface area contributed by atoms with Crippen LogP contribution >= 0.6 is 11.6 Å². The SMILES string of the molecule is COC(=N)c1cc(Oc2ccc(CCC(=O)Nc3ccc(Cl)c(C(F)(F)F)c3)cc2)ccn1. The predicted molar refractivity (Wildman–Crippen MR) is 118 cm³/mol. The Morgan fingerprint density at radius 3 is 2.48 bits per heavy atom. The Labute approximate surface area is 192 Å². The van der Waals surface area contributed by atoms with Crippen molar-refractivity contribution in [3.8, 4) is 11.5 Å². The summed E-state index contributed by atoms with van der Waals surface area (Å²) in [5.74, 6) is 0.526. The molecule has 0 bridgehead atoms. The highest BCUT2D eigenvalue weighted by Crippen LogP contribution is 2.36. The van der Waals surface area contributed by atoms with Crippen LogP contribution in [-0.4, -0.2) is 23.9 Å². The lowest BCUT2D eigenvalue weighted by Gasteiger charge is -2.12. The van der Waals surface area contributed by atoms with E-state index >= 15 is 0 Å². The molecule has 0 radical (unpaired) electrons. The molecular weight excluding hydrogens is 459 g/mol. The van der Waals surface area contributed by atoms with Crippen molar-refractivity contribution in [2.75, 3.05) is 12.4 Å².